The number of nitrogens with zero attached hydrogens (tertiary/aromatic N) is 2. The summed E-state index contributed by atoms with van der Waals surface area (Å²) >= 11 is 0. The van der Waals surface area contributed by atoms with Crippen LogP contribution < -0.4 is 0 Å². The number of pyridine rings is 1. The number of alkyl halides is 3. The molecule has 0 spiro atoms. The van der Waals surface area contributed by atoms with E-state index in [1.807, 2.05) is 5.92 Å². The van der Waals surface area contributed by atoms with E-state index in [-0.39, 0.29) is 5.56 Å². The molecule has 0 aliphatic heterocycles. The van der Waals surface area contributed by atoms with E-state index >= 15 is 0 Å². The summed E-state index contributed by atoms with van der Waals surface area (Å²) in [6.45, 7) is 0. The summed E-state index contributed by atoms with van der Waals surface area (Å²) < 4.78 is 36.9. The molecule has 0 saturated heterocycles. The number of hydrogen-bond donors (Lipinski definition) is 0. The fourth-order valence-electron chi connectivity index (χ4n) is 0.849. The van der Waals surface area contributed by atoms with E-state index in [1.54, 1.807) is 0 Å². The van der Waals surface area contributed by atoms with Crippen LogP contribution in [0.15, 0.2) is 12.3 Å². The molecule has 0 aliphatic rings. The van der Waals surface area contributed by atoms with E-state index < -0.39 is 17.4 Å². The van der Waals surface area contributed by atoms with Gasteiger partial charge in [0.2, 0.25) is 0 Å². The second-order valence-corrected chi connectivity index (χ2v) is 2.37. The Morgan fingerprint density at radius 3 is 2.50 bits per heavy atom. The van der Waals surface area contributed by atoms with Crippen molar-refractivity contribution in [3.63, 3.8) is 0 Å². The third kappa shape index (κ3) is 1.83. The van der Waals surface area contributed by atoms with Gasteiger partial charge in [-0.3, -0.25) is 0 Å². The molecule has 14 heavy (non-hydrogen) atoms. The van der Waals surface area contributed by atoms with Crippen LogP contribution in [0.25, 0.3) is 0 Å². The first-order valence-corrected chi connectivity index (χ1v) is 3.43. The fourth-order valence-corrected chi connectivity index (χ4v) is 0.849. The molecule has 0 aliphatic carbocycles. The summed E-state index contributed by atoms with van der Waals surface area (Å²) in [5.41, 5.74) is -1.77. The Kier molecular flexibility index (Phi) is 2.44. The zero-order valence-electron chi connectivity index (χ0n) is 6.76. The fraction of sp³-hybridized carbons (Fsp3) is 0.111. The Labute approximate surface area is 78.0 Å². The van der Waals surface area contributed by atoms with Gasteiger partial charge in [0, 0.05) is 11.8 Å². The van der Waals surface area contributed by atoms with Crippen molar-refractivity contribution in [2.24, 2.45) is 0 Å². The number of nitriles is 1. The minimum atomic E-state index is -4.61. The van der Waals surface area contributed by atoms with Crippen LogP contribution in [0, 0.1) is 23.7 Å². The molecule has 1 aromatic rings. The number of hydrogen-bond acceptors (Lipinski definition) is 2. The van der Waals surface area contributed by atoms with Gasteiger partial charge >= 0.3 is 6.18 Å². The number of rotatable bonds is 0. The Morgan fingerprint density at radius 2 is 2.07 bits per heavy atom. The first kappa shape index (κ1) is 10.1. The summed E-state index contributed by atoms with van der Waals surface area (Å²) in [6.07, 6.45) is 1.36. The van der Waals surface area contributed by atoms with Crippen molar-refractivity contribution in [1.82, 2.24) is 4.98 Å². The Morgan fingerprint density at radius 1 is 1.43 bits per heavy atom. The standard InChI is InChI=1S/C9H3F3N2/c1-2-6-3-7(9(10,11)12)8(4-13)14-5-6/h1,3,5H. The molecule has 0 amide bonds. The van der Waals surface area contributed by atoms with Crippen LogP contribution in [0.5, 0.6) is 0 Å². The predicted octanol–water partition coefficient (Wildman–Crippen LogP) is 1.95. The normalized spacial score (nSPS) is 10.4. The smallest absolute Gasteiger partial charge is 0.244 e. The van der Waals surface area contributed by atoms with Gasteiger partial charge in [-0.2, -0.15) is 18.4 Å². The lowest BCUT2D eigenvalue weighted by molar-refractivity contribution is -0.138. The summed E-state index contributed by atoms with van der Waals surface area (Å²) in [4.78, 5) is 3.31. The lowest BCUT2D eigenvalue weighted by atomic mass is 10.1. The van der Waals surface area contributed by atoms with Crippen molar-refractivity contribution in [3.8, 4) is 18.4 Å². The SMILES string of the molecule is C#Cc1cnc(C#N)c(C(F)(F)F)c1. The lowest BCUT2D eigenvalue weighted by Gasteiger charge is -2.07. The predicted molar refractivity (Wildman–Crippen MR) is 41.9 cm³/mol. The van der Waals surface area contributed by atoms with E-state index in [4.69, 9.17) is 11.7 Å². The van der Waals surface area contributed by atoms with E-state index in [1.165, 1.54) is 6.07 Å². The van der Waals surface area contributed by atoms with Gasteiger partial charge in [0.05, 0.1) is 5.56 Å². The summed E-state index contributed by atoms with van der Waals surface area (Å²) in [5, 5.41) is 8.38. The molecule has 0 unspecified atom stereocenters. The molecule has 1 heterocycles. The van der Waals surface area contributed by atoms with Gasteiger partial charge in [-0.05, 0) is 6.07 Å². The second kappa shape index (κ2) is 3.39. The topological polar surface area (TPSA) is 36.7 Å². The van der Waals surface area contributed by atoms with Gasteiger partial charge in [-0.15, -0.1) is 6.42 Å². The van der Waals surface area contributed by atoms with E-state index in [0.29, 0.717) is 0 Å². The molecular weight excluding hydrogens is 193 g/mol. The van der Waals surface area contributed by atoms with Crippen LogP contribution in [-0.2, 0) is 6.18 Å². The van der Waals surface area contributed by atoms with E-state index in [2.05, 4.69) is 4.98 Å². The van der Waals surface area contributed by atoms with Crippen molar-refractivity contribution in [3.05, 3.63) is 29.1 Å². The van der Waals surface area contributed by atoms with Crippen molar-refractivity contribution in [1.29, 1.82) is 5.26 Å². The third-order valence-electron chi connectivity index (χ3n) is 1.47. The van der Waals surface area contributed by atoms with Crippen LogP contribution in [-0.4, -0.2) is 4.98 Å². The molecule has 5 heteroatoms. The summed E-state index contributed by atoms with van der Waals surface area (Å²) in [7, 11) is 0. The van der Waals surface area contributed by atoms with Crippen LogP contribution in [0.4, 0.5) is 13.2 Å². The molecule has 0 saturated carbocycles. The van der Waals surface area contributed by atoms with Gasteiger partial charge in [0.15, 0.2) is 5.69 Å². The monoisotopic (exact) mass is 196 g/mol. The van der Waals surface area contributed by atoms with Crippen LogP contribution in [0.3, 0.4) is 0 Å². The highest BCUT2D eigenvalue weighted by molar-refractivity contribution is 5.41. The molecule has 0 fully saturated rings. The maximum atomic E-state index is 12.3. The molecule has 0 N–H and O–H groups in total. The minimum absolute atomic E-state index is 0.00340. The molecular formula is C9H3F3N2. The quantitative estimate of drug-likeness (QED) is 0.594. The zero-order chi connectivity index (χ0) is 10.8. The highest BCUT2D eigenvalue weighted by Gasteiger charge is 2.34. The average Bonchev–Trinajstić information content (AvgIpc) is 2.15. The number of halogens is 3. The maximum absolute atomic E-state index is 12.3. The number of aromatic nitrogens is 1. The van der Waals surface area contributed by atoms with Crippen molar-refractivity contribution >= 4 is 0 Å². The van der Waals surface area contributed by atoms with Gasteiger partial charge in [0.25, 0.3) is 0 Å². The maximum Gasteiger partial charge on any atom is 0.419 e. The van der Waals surface area contributed by atoms with Gasteiger partial charge in [0.1, 0.15) is 6.07 Å². The number of terminal acetylenes is 1. The molecule has 0 aromatic carbocycles. The highest BCUT2D eigenvalue weighted by atomic mass is 19.4. The van der Waals surface area contributed by atoms with E-state index in [0.717, 1.165) is 12.3 Å². The first-order valence-electron chi connectivity index (χ1n) is 3.43. The van der Waals surface area contributed by atoms with E-state index in [9.17, 15) is 13.2 Å². The van der Waals surface area contributed by atoms with Gasteiger partial charge in [-0.25, -0.2) is 4.98 Å². The van der Waals surface area contributed by atoms with Gasteiger partial charge in [-0.1, -0.05) is 5.92 Å². The first-order chi connectivity index (χ1) is 6.49. The molecule has 2 nitrogen and oxygen atoms in total. The van der Waals surface area contributed by atoms with Gasteiger partial charge < -0.3 is 0 Å². The van der Waals surface area contributed by atoms with Crippen LogP contribution >= 0.6 is 0 Å². The molecule has 1 aromatic heterocycles. The van der Waals surface area contributed by atoms with Crippen molar-refractivity contribution in [2.45, 2.75) is 6.18 Å². The summed E-state index contributed by atoms with van der Waals surface area (Å²) in [5.74, 6) is 2.02. The lowest BCUT2D eigenvalue weighted by Crippen LogP contribution is -2.09. The Balaban J connectivity index is 3.41. The molecule has 1 rings (SSSR count). The third-order valence-corrected chi connectivity index (χ3v) is 1.47. The zero-order valence-corrected chi connectivity index (χ0v) is 6.76. The largest absolute Gasteiger partial charge is 0.419 e. The molecule has 70 valence electrons. The van der Waals surface area contributed by atoms with Crippen molar-refractivity contribution in [2.75, 3.05) is 0 Å². The Hall–Kier alpha value is -2.01. The minimum Gasteiger partial charge on any atom is -0.244 e. The van der Waals surface area contributed by atoms with Crippen LogP contribution in [0.1, 0.15) is 16.8 Å². The Bertz CT molecular complexity index is 435. The molecule has 0 bridgehead atoms. The molecule has 0 radical (unpaired) electrons. The average molecular weight is 196 g/mol. The summed E-state index contributed by atoms with van der Waals surface area (Å²) in [6, 6.07) is 2.08. The van der Waals surface area contributed by atoms with Crippen LogP contribution in [0.2, 0.25) is 0 Å². The second-order valence-electron chi connectivity index (χ2n) is 2.37. The van der Waals surface area contributed by atoms with Crippen molar-refractivity contribution < 1.29 is 13.2 Å². The highest BCUT2D eigenvalue weighted by Crippen LogP contribution is 2.31. The molecule has 0 atom stereocenters.